The SMILES string of the molecule is OC1(CNCCCCC(F)(F)F)CCCCCC1. The average Bonchev–Trinajstić information content (AvgIpc) is 2.47. The van der Waals surface area contributed by atoms with E-state index in [1.165, 1.54) is 12.8 Å². The molecule has 0 aromatic rings. The summed E-state index contributed by atoms with van der Waals surface area (Å²) in [6.07, 6.45) is 1.98. The van der Waals surface area contributed by atoms with Gasteiger partial charge in [0.25, 0.3) is 0 Å². The normalized spacial score (nSPS) is 20.7. The first-order valence-corrected chi connectivity index (χ1v) is 6.91. The molecule has 1 rings (SSSR count). The lowest BCUT2D eigenvalue weighted by atomic mass is 9.94. The van der Waals surface area contributed by atoms with Crippen LogP contribution in [0.15, 0.2) is 0 Å². The van der Waals surface area contributed by atoms with E-state index < -0.39 is 18.2 Å². The third-order valence-corrected chi connectivity index (χ3v) is 3.55. The van der Waals surface area contributed by atoms with E-state index in [0.717, 1.165) is 25.7 Å². The maximum absolute atomic E-state index is 11.9. The Balaban J connectivity index is 2.06. The van der Waals surface area contributed by atoms with Crippen LogP contribution in [-0.4, -0.2) is 30.0 Å². The zero-order valence-corrected chi connectivity index (χ0v) is 10.9. The third-order valence-electron chi connectivity index (χ3n) is 3.55. The number of hydrogen-bond acceptors (Lipinski definition) is 2. The van der Waals surface area contributed by atoms with Crippen molar-refractivity contribution in [2.45, 2.75) is 69.6 Å². The van der Waals surface area contributed by atoms with Crippen LogP contribution in [-0.2, 0) is 0 Å². The Kier molecular flexibility index (Phi) is 6.43. The quantitative estimate of drug-likeness (QED) is 0.571. The van der Waals surface area contributed by atoms with E-state index in [2.05, 4.69) is 5.32 Å². The first-order chi connectivity index (χ1) is 8.41. The molecule has 1 aliphatic rings. The van der Waals surface area contributed by atoms with Crippen LogP contribution in [0.1, 0.15) is 57.8 Å². The molecular weight excluding hydrogens is 243 g/mol. The van der Waals surface area contributed by atoms with Crippen molar-refractivity contribution in [2.24, 2.45) is 0 Å². The first kappa shape index (κ1) is 15.8. The number of halogens is 3. The molecule has 0 unspecified atom stereocenters. The van der Waals surface area contributed by atoms with Gasteiger partial charge in [-0.1, -0.05) is 25.7 Å². The molecule has 108 valence electrons. The largest absolute Gasteiger partial charge is 0.389 e. The van der Waals surface area contributed by atoms with Gasteiger partial charge in [0.15, 0.2) is 0 Å². The molecule has 0 spiro atoms. The maximum Gasteiger partial charge on any atom is 0.389 e. The van der Waals surface area contributed by atoms with Crippen molar-refractivity contribution in [3.63, 3.8) is 0 Å². The molecule has 18 heavy (non-hydrogen) atoms. The maximum atomic E-state index is 11.9. The predicted molar refractivity (Wildman–Crippen MR) is 65.4 cm³/mol. The van der Waals surface area contributed by atoms with Gasteiger partial charge in [-0.25, -0.2) is 0 Å². The minimum Gasteiger partial charge on any atom is -0.389 e. The summed E-state index contributed by atoms with van der Waals surface area (Å²) < 4.78 is 35.7. The summed E-state index contributed by atoms with van der Waals surface area (Å²) in [7, 11) is 0. The van der Waals surface area contributed by atoms with Crippen LogP contribution < -0.4 is 5.32 Å². The Morgan fingerprint density at radius 1 is 1.00 bits per heavy atom. The number of unbranched alkanes of at least 4 members (excludes halogenated alkanes) is 1. The molecule has 2 nitrogen and oxygen atoms in total. The van der Waals surface area contributed by atoms with Crippen LogP contribution in [0.25, 0.3) is 0 Å². The average molecular weight is 267 g/mol. The van der Waals surface area contributed by atoms with Crippen molar-refractivity contribution in [3.05, 3.63) is 0 Å². The number of alkyl halides is 3. The van der Waals surface area contributed by atoms with Crippen molar-refractivity contribution in [1.82, 2.24) is 5.32 Å². The molecule has 0 radical (unpaired) electrons. The number of hydrogen-bond donors (Lipinski definition) is 2. The topological polar surface area (TPSA) is 32.3 Å². The summed E-state index contributed by atoms with van der Waals surface area (Å²) >= 11 is 0. The lowest BCUT2D eigenvalue weighted by molar-refractivity contribution is -0.135. The van der Waals surface area contributed by atoms with Crippen molar-refractivity contribution < 1.29 is 18.3 Å². The zero-order valence-electron chi connectivity index (χ0n) is 10.9. The minimum absolute atomic E-state index is 0.162. The fourth-order valence-corrected chi connectivity index (χ4v) is 2.46. The highest BCUT2D eigenvalue weighted by atomic mass is 19.4. The minimum atomic E-state index is -4.04. The van der Waals surface area contributed by atoms with Crippen molar-refractivity contribution in [3.8, 4) is 0 Å². The van der Waals surface area contributed by atoms with E-state index in [-0.39, 0.29) is 6.42 Å². The second-order valence-corrected chi connectivity index (χ2v) is 5.39. The predicted octanol–water partition coefficient (Wildman–Crippen LogP) is 3.39. The molecule has 1 saturated carbocycles. The van der Waals surface area contributed by atoms with Crippen LogP contribution in [0.4, 0.5) is 13.2 Å². The van der Waals surface area contributed by atoms with Crippen LogP contribution in [0.2, 0.25) is 0 Å². The van der Waals surface area contributed by atoms with E-state index in [1.807, 2.05) is 0 Å². The molecule has 1 aliphatic carbocycles. The molecule has 0 bridgehead atoms. The summed E-state index contributed by atoms with van der Waals surface area (Å²) in [5.41, 5.74) is -0.638. The second-order valence-electron chi connectivity index (χ2n) is 5.39. The zero-order chi connectivity index (χ0) is 13.5. The van der Waals surface area contributed by atoms with Crippen LogP contribution in [0.5, 0.6) is 0 Å². The highest BCUT2D eigenvalue weighted by molar-refractivity contribution is 4.83. The Hall–Kier alpha value is -0.290. The van der Waals surface area contributed by atoms with Gasteiger partial charge in [0.1, 0.15) is 0 Å². The lowest BCUT2D eigenvalue weighted by Gasteiger charge is -2.27. The molecule has 0 aromatic carbocycles. The van der Waals surface area contributed by atoms with E-state index in [0.29, 0.717) is 19.5 Å². The molecule has 0 saturated heterocycles. The Bertz CT molecular complexity index is 223. The fraction of sp³-hybridized carbons (Fsp3) is 1.00. The van der Waals surface area contributed by atoms with Gasteiger partial charge in [-0.15, -0.1) is 0 Å². The van der Waals surface area contributed by atoms with Gasteiger partial charge in [-0.2, -0.15) is 13.2 Å². The summed E-state index contributed by atoms with van der Waals surface area (Å²) in [5.74, 6) is 0. The van der Waals surface area contributed by atoms with Crippen molar-refractivity contribution in [2.75, 3.05) is 13.1 Å². The highest BCUT2D eigenvalue weighted by Gasteiger charge is 2.28. The molecule has 0 aromatic heterocycles. The Morgan fingerprint density at radius 3 is 2.17 bits per heavy atom. The summed E-state index contributed by atoms with van der Waals surface area (Å²) in [4.78, 5) is 0. The molecule has 0 heterocycles. The molecule has 5 heteroatoms. The smallest absolute Gasteiger partial charge is 0.389 e. The van der Waals surface area contributed by atoms with Gasteiger partial charge in [-0.05, 0) is 32.2 Å². The molecule has 2 N–H and O–H groups in total. The van der Waals surface area contributed by atoms with Gasteiger partial charge in [0.05, 0.1) is 5.60 Å². The Labute approximate surface area is 107 Å². The van der Waals surface area contributed by atoms with Crippen LogP contribution in [0, 0.1) is 0 Å². The van der Waals surface area contributed by atoms with Crippen LogP contribution in [0.3, 0.4) is 0 Å². The number of rotatable bonds is 6. The van der Waals surface area contributed by atoms with Gasteiger partial charge in [0.2, 0.25) is 0 Å². The van der Waals surface area contributed by atoms with Crippen molar-refractivity contribution in [1.29, 1.82) is 0 Å². The number of aliphatic hydroxyl groups is 1. The molecule has 0 aliphatic heterocycles. The van der Waals surface area contributed by atoms with E-state index in [9.17, 15) is 18.3 Å². The monoisotopic (exact) mass is 267 g/mol. The lowest BCUT2D eigenvalue weighted by Crippen LogP contribution is -2.40. The summed E-state index contributed by atoms with van der Waals surface area (Å²) in [6.45, 7) is 1.07. The van der Waals surface area contributed by atoms with E-state index >= 15 is 0 Å². The van der Waals surface area contributed by atoms with E-state index in [4.69, 9.17) is 0 Å². The van der Waals surface area contributed by atoms with Gasteiger partial charge >= 0.3 is 6.18 Å². The van der Waals surface area contributed by atoms with Crippen molar-refractivity contribution >= 4 is 0 Å². The van der Waals surface area contributed by atoms with E-state index in [1.54, 1.807) is 0 Å². The van der Waals surface area contributed by atoms with Gasteiger partial charge < -0.3 is 10.4 Å². The number of nitrogens with one attached hydrogen (secondary N) is 1. The standard InChI is InChI=1S/C13H24F3NO/c14-13(15,16)9-5-6-10-17-11-12(18)7-3-1-2-4-8-12/h17-18H,1-11H2. The molecule has 0 atom stereocenters. The summed E-state index contributed by atoms with van der Waals surface area (Å²) in [5, 5.41) is 13.4. The van der Waals surface area contributed by atoms with Crippen LogP contribution >= 0.6 is 0 Å². The van der Waals surface area contributed by atoms with Gasteiger partial charge in [-0.3, -0.25) is 0 Å². The fourth-order valence-electron chi connectivity index (χ4n) is 2.46. The Morgan fingerprint density at radius 2 is 1.61 bits per heavy atom. The third kappa shape index (κ3) is 7.21. The second kappa shape index (κ2) is 7.34. The highest BCUT2D eigenvalue weighted by Crippen LogP contribution is 2.26. The first-order valence-electron chi connectivity index (χ1n) is 6.91. The van der Waals surface area contributed by atoms with Gasteiger partial charge in [0, 0.05) is 13.0 Å². The summed E-state index contributed by atoms with van der Waals surface area (Å²) in [6, 6.07) is 0. The molecular formula is C13H24F3NO. The molecule has 0 amide bonds. The molecule has 1 fully saturated rings.